The predicted octanol–water partition coefficient (Wildman–Crippen LogP) is 3.88. The second-order valence-electron chi connectivity index (χ2n) is 12.0. The molecule has 6 nitrogen and oxygen atoms in total. The van der Waals surface area contributed by atoms with Crippen LogP contribution in [0.4, 0.5) is 0 Å². The Bertz CT molecular complexity index is 999. The lowest BCUT2D eigenvalue weighted by atomic mass is 9.49. The molecule has 4 fully saturated rings. The minimum atomic E-state index is -3.31. The van der Waals surface area contributed by atoms with Gasteiger partial charge in [0.1, 0.15) is 4.90 Å². The Morgan fingerprint density at radius 3 is 2.56 bits per heavy atom. The summed E-state index contributed by atoms with van der Waals surface area (Å²) in [4.78, 5) is 13.5. The highest BCUT2D eigenvalue weighted by Gasteiger charge is 2.58. The van der Waals surface area contributed by atoms with Crippen molar-refractivity contribution in [2.75, 3.05) is 6.26 Å². The van der Waals surface area contributed by atoms with Crippen LogP contribution in [0.2, 0.25) is 0 Å². The van der Waals surface area contributed by atoms with Gasteiger partial charge < -0.3 is 5.11 Å². The number of sulfone groups is 1. The van der Waals surface area contributed by atoms with Gasteiger partial charge in [0.05, 0.1) is 18.3 Å². The van der Waals surface area contributed by atoms with E-state index in [0.29, 0.717) is 11.8 Å². The average Bonchev–Trinajstić information content (AvgIpc) is 3.30. The first-order valence-electron chi connectivity index (χ1n) is 12.5. The summed E-state index contributed by atoms with van der Waals surface area (Å²) >= 11 is 0. The first kappa shape index (κ1) is 22.6. The number of aliphatic hydroxyl groups is 1. The van der Waals surface area contributed by atoms with Gasteiger partial charge in [0.25, 0.3) is 0 Å². The summed E-state index contributed by atoms with van der Waals surface area (Å²) in [5.74, 6) is 3.78. The first-order valence-corrected chi connectivity index (χ1v) is 14.3. The van der Waals surface area contributed by atoms with Gasteiger partial charge in [-0.15, -0.1) is 0 Å². The zero-order valence-electron chi connectivity index (χ0n) is 19.7. The summed E-state index contributed by atoms with van der Waals surface area (Å²) < 4.78 is 25.0. The fourth-order valence-corrected chi connectivity index (χ4v) is 9.05. The fraction of sp³-hybridized carbons (Fsp3) is 0.840. The quantitative estimate of drug-likeness (QED) is 0.734. The van der Waals surface area contributed by atoms with Gasteiger partial charge in [-0.1, -0.05) is 6.92 Å². The van der Waals surface area contributed by atoms with E-state index in [4.69, 9.17) is 0 Å². The number of hydrogen-bond acceptors (Lipinski definition) is 5. The van der Waals surface area contributed by atoms with E-state index in [2.05, 4.69) is 12.0 Å². The van der Waals surface area contributed by atoms with Gasteiger partial charge in [-0.3, -0.25) is 9.48 Å². The van der Waals surface area contributed by atoms with Crippen LogP contribution in [0.1, 0.15) is 71.6 Å². The van der Waals surface area contributed by atoms with Crippen molar-refractivity contribution < 1.29 is 18.3 Å². The zero-order chi connectivity index (χ0) is 22.9. The molecule has 1 N–H and O–H groups in total. The summed E-state index contributed by atoms with van der Waals surface area (Å²) in [6.45, 7) is 4.53. The molecule has 0 amide bonds. The minimum Gasteiger partial charge on any atom is -0.390 e. The smallest absolute Gasteiger partial charge is 0.178 e. The number of carbonyl (C=O) groups excluding carboxylic acids is 1. The number of Topliss-reactive ketones (excluding diaryl/α,β-unsaturated/α-hetero) is 1. The van der Waals surface area contributed by atoms with Crippen molar-refractivity contribution >= 4 is 15.6 Å². The molecule has 1 aromatic rings. The number of rotatable bonds is 4. The molecule has 0 saturated heterocycles. The number of hydrogen-bond donors (Lipinski definition) is 1. The van der Waals surface area contributed by atoms with Crippen molar-refractivity contribution in [2.45, 2.75) is 88.7 Å². The lowest BCUT2D eigenvalue weighted by Crippen LogP contribution is -2.51. The number of nitrogens with zero attached hydrogens (tertiary/aromatic N) is 2. The molecular weight excluding hydrogens is 424 g/mol. The maximum Gasteiger partial charge on any atom is 0.178 e. The maximum atomic E-state index is 13.4. The Morgan fingerprint density at radius 1 is 1.09 bits per heavy atom. The molecule has 4 aliphatic carbocycles. The van der Waals surface area contributed by atoms with E-state index in [-0.39, 0.29) is 28.6 Å². The molecule has 0 bridgehead atoms. The Balaban J connectivity index is 1.30. The van der Waals surface area contributed by atoms with E-state index in [1.807, 2.05) is 6.92 Å². The third kappa shape index (κ3) is 3.77. The minimum absolute atomic E-state index is 0.0455. The molecule has 8 atom stereocenters. The van der Waals surface area contributed by atoms with Crippen LogP contribution in [-0.2, 0) is 21.2 Å². The summed E-state index contributed by atoms with van der Waals surface area (Å²) in [7, 11) is -3.31. The summed E-state index contributed by atoms with van der Waals surface area (Å²) in [5.41, 5.74) is -0.427. The monoisotopic (exact) mass is 462 g/mol. The molecule has 0 aliphatic heterocycles. The molecular formula is C25H38N2O4S. The Kier molecular flexibility index (Phi) is 5.40. The highest BCUT2D eigenvalue weighted by atomic mass is 32.2. The Labute approximate surface area is 192 Å². The molecule has 0 aromatic carbocycles. The molecule has 1 aromatic heterocycles. The summed E-state index contributed by atoms with van der Waals surface area (Å²) in [6.07, 6.45) is 13.9. The van der Waals surface area contributed by atoms with Gasteiger partial charge in [0.15, 0.2) is 15.6 Å². The van der Waals surface area contributed by atoms with Crippen molar-refractivity contribution in [3.63, 3.8) is 0 Å². The molecule has 5 rings (SSSR count). The van der Waals surface area contributed by atoms with Crippen molar-refractivity contribution in [1.82, 2.24) is 9.78 Å². The Hall–Kier alpha value is -1.21. The van der Waals surface area contributed by atoms with E-state index >= 15 is 0 Å². The van der Waals surface area contributed by atoms with Gasteiger partial charge in [-0.05, 0) is 99.7 Å². The molecule has 4 saturated carbocycles. The van der Waals surface area contributed by atoms with Gasteiger partial charge in [-0.25, -0.2) is 8.42 Å². The van der Waals surface area contributed by atoms with Crippen molar-refractivity contribution in [1.29, 1.82) is 0 Å². The second kappa shape index (κ2) is 7.66. The SMILES string of the molecule is C[C@@]1(O)CC[C@H]2[C@H](CC[C@@H]3[C@@H]2CC[C@]2(C)[C@@H](C(=O)Cn4cc(S(C)(=O)=O)cn4)CC[C@@H]32)C1. The highest BCUT2D eigenvalue weighted by Crippen LogP contribution is 2.64. The normalized spacial score (nSPS) is 43.9. The van der Waals surface area contributed by atoms with E-state index in [9.17, 15) is 18.3 Å². The van der Waals surface area contributed by atoms with Crippen LogP contribution < -0.4 is 0 Å². The molecule has 0 radical (unpaired) electrons. The third-order valence-corrected chi connectivity index (χ3v) is 11.0. The standard InChI is InChI=1S/C25H38N2O4S/c1-24(29)10-8-18-16(12-24)4-5-20-19(18)9-11-25(2)21(20)6-7-22(25)23(28)15-27-14-17(13-26-27)32(3,30)31/h13-14,16,18-22,29H,4-12,15H2,1-3H3/t16-,18+,19-,20-,21+,22-,24-,25+/m1/s1. The maximum absolute atomic E-state index is 13.4. The molecule has 0 spiro atoms. The van der Waals surface area contributed by atoms with Crippen LogP contribution in [0.25, 0.3) is 0 Å². The van der Waals surface area contributed by atoms with Crippen molar-refractivity contribution in [3.05, 3.63) is 12.4 Å². The van der Waals surface area contributed by atoms with Crippen molar-refractivity contribution in [3.8, 4) is 0 Å². The van der Waals surface area contributed by atoms with Crippen LogP contribution >= 0.6 is 0 Å². The molecule has 1 heterocycles. The van der Waals surface area contributed by atoms with Gasteiger partial charge in [-0.2, -0.15) is 5.10 Å². The van der Waals surface area contributed by atoms with Crippen LogP contribution in [0.5, 0.6) is 0 Å². The summed E-state index contributed by atoms with van der Waals surface area (Å²) in [5, 5.41) is 14.7. The summed E-state index contributed by atoms with van der Waals surface area (Å²) in [6, 6.07) is 0. The average molecular weight is 463 g/mol. The van der Waals surface area contributed by atoms with E-state index in [0.717, 1.165) is 56.3 Å². The topological polar surface area (TPSA) is 89.3 Å². The van der Waals surface area contributed by atoms with Crippen LogP contribution in [0.15, 0.2) is 17.3 Å². The van der Waals surface area contributed by atoms with Gasteiger partial charge in [0, 0.05) is 18.4 Å². The lowest BCUT2D eigenvalue weighted by Gasteiger charge is -2.56. The number of carbonyl (C=O) groups is 1. The molecule has 0 unspecified atom stereocenters. The van der Waals surface area contributed by atoms with E-state index in [1.54, 1.807) is 0 Å². The molecule has 178 valence electrons. The number of aromatic nitrogens is 2. The van der Waals surface area contributed by atoms with Gasteiger partial charge in [0.2, 0.25) is 0 Å². The third-order valence-electron chi connectivity index (χ3n) is 9.98. The molecule has 32 heavy (non-hydrogen) atoms. The molecule has 7 heteroatoms. The van der Waals surface area contributed by atoms with Crippen LogP contribution in [0.3, 0.4) is 0 Å². The second-order valence-corrected chi connectivity index (χ2v) is 14.0. The number of fused-ring (bicyclic) bond motifs is 5. The largest absolute Gasteiger partial charge is 0.390 e. The van der Waals surface area contributed by atoms with E-state index < -0.39 is 15.4 Å². The van der Waals surface area contributed by atoms with Gasteiger partial charge >= 0.3 is 0 Å². The fourth-order valence-electron chi connectivity index (χ4n) is 8.50. The zero-order valence-corrected chi connectivity index (χ0v) is 20.5. The lowest BCUT2D eigenvalue weighted by molar-refractivity contribution is -0.133. The van der Waals surface area contributed by atoms with Crippen molar-refractivity contribution in [2.24, 2.45) is 40.9 Å². The highest BCUT2D eigenvalue weighted by molar-refractivity contribution is 7.90. The van der Waals surface area contributed by atoms with E-state index in [1.165, 1.54) is 42.6 Å². The predicted molar refractivity (Wildman–Crippen MR) is 122 cm³/mol. The first-order chi connectivity index (χ1) is 15.0. The Morgan fingerprint density at radius 2 is 1.84 bits per heavy atom. The van der Waals surface area contributed by atoms with Crippen LogP contribution in [0, 0.1) is 40.9 Å². The number of ketones is 1. The van der Waals surface area contributed by atoms with Crippen LogP contribution in [-0.4, -0.2) is 40.9 Å². The molecule has 4 aliphatic rings.